The molecule has 0 fully saturated rings. The van der Waals surface area contributed by atoms with Gasteiger partial charge in [0.15, 0.2) is 6.04 Å². The molecule has 0 saturated carbocycles. The summed E-state index contributed by atoms with van der Waals surface area (Å²) in [6.45, 7) is 3.11. The maximum absolute atomic E-state index is 11.0. The molecule has 15 heavy (non-hydrogen) atoms. The molecule has 1 rings (SSSR count). The minimum atomic E-state index is -1.06. The predicted molar refractivity (Wildman–Crippen MR) is 55.4 cm³/mol. The Kier molecular flexibility index (Phi) is 3.44. The minimum Gasteiger partial charge on any atom is -0.479 e. The first-order valence-corrected chi connectivity index (χ1v) is 4.58. The third-order valence-corrected chi connectivity index (χ3v) is 2.09. The van der Waals surface area contributed by atoms with Crippen LogP contribution in [0.25, 0.3) is 0 Å². The lowest BCUT2D eigenvalue weighted by molar-refractivity contribution is -0.141. The van der Waals surface area contributed by atoms with Gasteiger partial charge in [0.1, 0.15) is 0 Å². The van der Waals surface area contributed by atoms with E-state index in [-0.39, 0.29) is 5.91 Å². The van der Waals surface area contributed by atoms with Crippen LogP contribution in [0.5, 0.6) is 0 Å². The summed E-state index contributed by atoms with van der Waals surface area (Å²) in [6, 6.07) is 6.12. The number of rotatable bonds is 3. The first kappa shape index (κ1) is 11.2. The third-order valence-electron chi connectivity index (χ3n) is 2.09. The topological polar surface area (TPSA) is 66.4 Å². The summed E-state index contributed by atoms with van der Waals surface area (Å²) in [5.41, 5.74) is 1.46. The van der Waals surface area contributed by atoms with E-state index in [0.717, 1.165) is 5.56 Å². The molecule has 1 aromatic carbocycles. The van der Waals surface area contributed by atoms with Gasteiger partial charge in [0, 0.05) is 6.92 Å². The molecule has 1 amide bonds. The van der Waals surface area contributed by atoms with E-state index in [1.54, 1.807) is 12.1 Å². The number of nitrogens with one attached hydrogen (secondary N) is 1. The Labute approximate surface area is 87.9 Å². The van der Waals surface area contributed by atoms with E-state index in [4.69, 9.17) is 5.11 Å². The molecule has 0 spiro atoms. The molecule has 2 N–H and O–H groups in total. The molecule has 0 saturated heterocycles. The van der Waals surface area contributed by atoms with Crippen LogP contribution < -0.4 is 5.32 Å². The number of carboxylic acids is 1. The summed E-state index contributed by atoms with van der Waals surface area (Å²) in [4.78, 5) is 21.8. The van der Waals surface area contributed by atoms with Gasteiger partial charge < -0.3 is 10.4 Å². The summed E-state index contributed by atoms with van der Waals surface area (Å²) in [7, 11) is 0. The molecule has 0 bridgehead atoms. The van der Waals surface area contributed by atoms with Crippen LogP contribution in [0.2, 0.25) is 0 Å². The van der Waals surface area contributed by atoms with Gasteiger partial charge in [-0.1, -0.05) is 24.3 Å². The summed E-state index contributed by atoms with van der Waals surface area (Å²) < 4.78 is 0. The van der Waals surface area contributed by atoms with Crippen LogP contribution in [0, 0.1) is 6.92 Å². The number of aryl methyl sites for hydroxylation is 1. The number of amides is 1. The van der Waals surface area contributed by atoms with Crippen molar-refractivity contribution in [3.8, 4) is 0 Å². The standard InChI is InChI=1S/C11H13NO3/c1-7-5-3-4-6-9(7)10(11(14)15)12-8(2)13/h3-6,10H,1-2H3,(H,12,13)(H,14,15)/t10-/m1/s1. The van der Waals surface area contributed by atoms with E-state index in [0.29, 0.717) is 5.56 Å². The normalized spacial score (nSPS) is 11.9. The highest BCUT2D eigenvalue weighted by atomic mass is 16.4. The first-order chi connectivity index (χ1) is 7.02. The van der Waals surface area contributed by atoms with Crippen molar-refractivity contribution in [2.75, 3.05) is 0 Å². The van der Waals surface area contributed by atoms with Crippen molar-refractivity contribution in [2.45, 2.75) is 19.9 Å². The molecule has 0 aliphatic carbocycles. The molecule has 1 aromatic rings. The Hall–Kier alpha value is -1.84. The maximum Gasteiger partial charge on any atom is 0.330 e. The Morgan fingerprint density at radius 1 is 1.33 bits per heavy atom. The first-order valence-electron chi connectivity index (χ1n) is 4.58. The van der Waals surface area contributed by atoms with Crippen LogP contribution in [0.1, 0.15) is 24.1 Å². The zero-order valence-electron chi connectivity index (χ0n) is 8.65. The van der Waals surface area contributed by atoms with Gasteiger partial charge in [-0.15, -0.1) is 0 Å². The summed E-state index contributed by atoms with van der Waals surface area (Å²) in [5, 5.41) is 11.4. The van der Waals surface area contributed by atoms with E-state index in [1.165, 1.54) is 6.92 Å². The lowest BCUT2D eigenvalue weighted by atomic mass is 10.0. The number of aliphatic carboxylic acids is 1. The van der Waals surface area contributed by atoms with Crippen LogP contribution in [0.15, 0.2) is 24.3 Å². The number of benzene rings is 1. The quantitative estimate of drug-likeness (QED) is 0.784. The molecular weight excluding hydrogens is 194 g/mol. The number of carbonyl (C=O) groups excluding carboxylic acids is 1. The lowest BCUT2D eigenvalue weighted by Gasteiger charge is -2.15. The fourth-order valence-electron chi connectivity index (χ4n) is 1.39. The number of carbonyl (C=O) groups is 2. The molecule has 0 unspecified atom stereocenters. The molecule has 4 heteroatoms. The number of carboxylic acid groups (broad SMARTS) is 1. The fourth-order valence-corrected chi connectivity index (χ4v) is 1.39. The molecule has 0 aliphatic heterocycles. The Bertz CT molecular complexity index is 387. The second kappa shape index (κ2) is 4.59. The Morgan fingerprint density at radius 3 is 2.40 bits per heavy atom. The summed E-state index contributed by atoms with van der Waals surface area (Å²) in [6.07, 6.45) is 0. The SMILES string of the molecule is CC(=O)N[C@@H](C(=O)O)c1ccccc1C. The van der Waals surface area contributed by atoms with Crippen LogP contribution >= 0.6 is 0 Å². The predicted octanol–water partition coefficient (Wildman–Crippen LogP) is 1.26. The zero-order valence-corrected chi connectivity index (χ0v) is 8.65. The van der Waals surface area contributed by atoms with Gasteiger partial charge in [-0.25, -0.2) is 4.79 Å². The van der Waals surface area contributed by atoms with Crippen molar-refractivity contribution in [1.82, 2.24) is 5.32 Å². The van der Waals surface area contributed by atoms with Gasteiger partial charge in [0.05, 0.1) is 0 Å². The van der Waals surface area contributed by atoms with Gasteiger partial charge in [-0.2, -0.15) is 0 Å². The van der Waals surface area contributed by atoms with Crippen LogP contribution in [-0.4, -0.2) is 17.0 Å². The van der Waals surface area contributed by atoms with Crippen molar-refractivity contribution in [3.05, 3.63) is 35.4 Å². The third kappa shape index (κ3) is 2.80. The highest BCUT2D eigenvalue weighted by molar-refractivity contribution is 5.83. The highest BCUT2D eigenvalue weighted by Crippen LogP contribution is 2.17. The molecule has 0 heterocycles. The van der Waals surface area contributed by atoms with E-state index < -0.39 is 12.0 Å². The van der Waals surface area contributed by atoms with Crippen LogP contribution in [-0.2, 0) is 9.59 Å². The maximum atomic E-state index is 11.0. The largest absolute Gasteiger partial charge is 0.479 e. The minimum absolute atomic E-state index is 0.356. The molecular formula is C11H13NO3. The molecule has 4 nitrogen and oxygen atoms in total. The highest BCUT2D eigenvalue weighted by Gasteiger charge is 2.21. The van der Waals surface area contributed by atoms with Gasteiger partial charge in [0.25, 0.3) is 0 Å². The zero-order chi connectivity index (χ0) is 11.4. The summed E-state index contributed by atoms with van der Waals surface area (Å²) >= 11 is 0. The van der Waals surface area contributed by atoms with Gasteiger partial charge >= 0.3 is 5.97 Å². The van der Waals surface area contributed by atoms with Crippen LogP contribution in [0.3, 0.4) is 0 Å². The van der Waals surface area contributed by atoms with Gasteiger partial charge in [0.2, 0.25) is 5.91 Å². The molecule has 0 aromatic heterocycles. The van der Waals surface area contributed by atoms with E-state index in [9.17, 15) is 9.59 Å². The van der Waals surface area contributed by atoms with Crippen molar-refractivity contribution in [2.24, 2.45) is 0 Å². The number of hydrogen-bond donors (Lipinski definition) is 2. The lowest BCUT2D eigenvalue weighted by Crippen LogP contribution is -2.32. The molecule has 80 valence electrons. The van der Waals surface area contributed by atoms with Crippen molar-refractivity contribution in [3.63, 3.8) is 0 Å². The van der Waals surface area contributed by atoms with Crippen molar-refractivity contribution < 1.29 is 14.7 Å². The van der Waals surface area contributed by atoms with E-state index in [2.05, 4.69) is 5.32 Å². The van der Waals surface area contributed by atoms with Gasteiger partial charge in [-0.3, -0.25) is 4.79 Å². The van der Waals surface area contributed by atoms with E-state index in [1.807, 2.05) is 19.1 Å². The molecule has 0 radical (unpaired) electrons. The molecule has 0 aliphatic rings. The fraction of sp³-hybridized carbons (Fsp3) is 0.273. The molecule has 1 atom stereocenters. The monoisotopic (exact) mass is 207 g/mol. The van der Waals surface area contributed by atoms with Gasteiger partial charge in [-0.05, 0) is 18.1 Å². The van der Waals surface area contributed by atoms with Crippen molar-refractivity contribution >= 4 is 11.9 Å². The smallest absolute Gasteiger partial charge is 0.330 e. The average Bonchev–Trinajstić information content (AvgIpc) is 2.15. The average molecular weight is 207 g/mol. The second-order valence-electron chi connectivity index (χ2n) is 3.33. The van der Waals surface area contributed by atoms with Crippen molar-refractivity contribution in [1.29, 1.82) is 0 Å². The Balaban J connectivity index is 3.04. The van der Waals surface area contributed by atoms with Crippen LogP contribution in [0.4, 0.5) is 0 Å². The number of hydrogen-bond acceptors (Lipinski definition) is 2. The van der Waals surface area contributed by atoms with E-state index >= 15 is 0 Å². The summed E-state index contributed by atoms with van der Waals surface area (Å²) in [5.74, 6) is -1.41. The second-order valence-corrected chi connectivity index (χ2v) is 3.33. The Morgan fingerprint density at radius 2 is 1.93 bits per heavy atom.